The van der Waals surface area contributed by atoms with Gasteiger partial charge in [-0.05, 0) is 18.2 Å². The molecule has 0 aliphatic carbocycles. The molecule has 10 heavy (non-hydrogen) atoms. The van der Waals surface area contributed by atoms with E-state index in [4.69, 9.17) is 11.6 Å². The Morgan fingerprint density at radius 2 is 1.90 bits per heavy atom. The molecule has 0 unspecified atom stereocenters. The summed E-state index contributed by atoms with van der Waals surface area (Å²) in [4.78, 5) is 0. The quantitative estimate of drug-likeness (QED) is 0.585. The average molecular weight is 217 g/mol. The molecule has 0 saturated heterocycles. The fourth-order valence-electron chi connectivity index (χ4n) is 0.460. The van der Waals surface area contributed by atoms with Crippen molar-refractivity contribution in [3.63, 3.8) is 0 Å². The number of benzene rings is 1. The second kappa shape index (κ2) is 5.34. The zero-order valence-electron chi connectivity index (χ0n) is 5.22. The molecule has 0 heterocycles. The van der Waals surface area contributed by atoms with E-state index in [1.807, 2.05) is 24.3 Å². The maximum absolute atomic E-state index is 5.61. The summed E-state index contributed by atoms with van der Waals surface area (Å²) < 4.78 is 1.02. The minimum atomic E-state index is 0.763. The zero-order chi connectivity index (χ0) is 7.98. The molecular weight excluding hydrogens is 211 g/mol. The van der Waals surface area contributed by atoms with E-state index in [0.717, 1.165) is 9.50 Å². The highest BCUT2D eigenvalue weighted by Crippen LogP contribution is 2.14. The van der Waals surface area contributed by atoms with E-state index in [-0.39, 0.29) is 0 Å². The predicted molar refractivity (Wildman–Crippen MR) is 49.0 cm³/mol. The molecule has 0 fully saturated rings. The number of rotatable bonds is 0. The largest absolute Gasteiger partial charge is 0.124 e. The van der Waals surface area contributed by atoms with Crippen LogP contribution < -0.4 is 0 Å². The Kier molecular flexibility index (Phi) is 5.10. The van der Waals surface area contributed by atoms with Crippen LogP contribution in [0.25, 0.3) is 0 Å². The van der Waals surface area contributed by atoms with Crippen molar-refractivity contribution in [2.45, 2.75) is 0 Å². The summed E-state index contributed by atoms with van der Waals surface area (Å²) in [7, 11) is 0. The van der Waals surface area contributed by atoms with Gasteiger partial charge in [0, 0.05) is 9.50 Å². The Morgan fingerprint density at radius 1 is 1.30 bits per heavy atom. The standard InChI is InChI=1S/C6H4BrCl.C2H2/c7-5-2-1-3-6(8)4-5;1-2/h1-4H;1-2H. The van der Waals surface area contributed by atoms with Crippen molar-refractivity contribution >= 4 is 27.5 Å². The van der Waals surface area contributed by atoms with Gasteiger partial charge in [0.1, 0.15) is 0 Å². The van der Waals surface area contributed by atoms with E-state index in [1.54, 1.807) is 0 Å². The molecule has 0 N–H and O–H groups in total. The van der Waals surface area contributed by atoms with E-state index in [0.29, 0.717) is 0 Å². The van der Waals surface area contributed by atoms with Crippen LogP contribution >= 0.6 is 27.5 Å². The van der Waals surface area contributed by atoms with E-state index < -0.39 is 0 Å². The number of halogens is 2. The first kappa shape index (κ1) is 9.55. The molecular formula is C8H6BrCl. The first-order valence-electron chi connectivity index (χ1n) is 2.53. The number of hydrogen-bond acceptors (Lipinski definition) is 0. The molecule has 0 spiro atoms. The Labute approximate surface area is 74.3 Å². The lowest BCUT2D eigenvalue weighted by atomic mass is 10.4. The van der Waals surface area contributed by atoms with Crippen molar-refractivity contribution in [3.8, 4) is 12.8 Å². The molecule has 1 aromatic rings. The molecule has 52 valence electrons. The summed E-state index contributed by atoms with van der Waals surface area (Å²) in [6.45, 7) is 0. The van der Waals surface area contributed by atoms with Gasteiger partial charge >= 0.3 is 0 Å². The van der Waals surface area contributed by atoms with Crippen LogP contribution in [0.2, 0.25) is 5.02 Å². The molecule has 0 saturated carbocycles. The van der Waals surface area contributed by atoms with Gasteiger partial charge in [0.25, 0.3) is 0 Å². The third-order valence-corrected chi connectivity index (χ3v) is 1.52. The Bertz CT molecular complexity index is 200. The maximum atomic E-state index is 5.61. The van der Waals surface area contributed by atoms with Crippen molar-refractivity contribution in [2.75, 3.05) is 0 Å². The fourth-order valence-corrected chi connectivity index (χ4v) is 1.18. The molecule has 0 amide bonds. The fraction of sp³-hybridized carbons (Fsp3) is 0. The van der Waals surface area contributed by atoms with Crippen LogP contribution in [0, 0.1) is 12.8 Å². The summed E-state index contributed by atoms with van der Waals surface area (Å²) in [6, 6.07) is 7.52. The normalized spacial score (nSPS) is 7.60. The molecule has 1 aromatic carbocycles. The first-order valence-corrected chi connectivity index (χ1v) is 3.70. The van der Waals surface area contributed by atoms with Crippen molar-refractivity contribution in [3.05, 3.63) is 33.8 Å². The van der Waals surface area contributed by atoms with Crippen LogP contribution in [0.5, 0.6) is 0 Å². The Balaban J connectivity index is 0.000000371. The highest BCUT2D eigenvalue weighted by atomic mass is 79.9. The third-order valence-electron chi connectivity index (χ3n) is 0.787. The third kappa shape index (κ3) is 3.55. The van der Waals surface area contributed by atoms with Gasteiger partial charge < -0.3 is 0 Å². The van der Waals surface area contributed by atoms with Crippen molar-refractivity contribution in [1.82, 2.24) is 0 Å². The van der Waals surface area contributed by atoms with Crippen LogP contribution in [-0.2, 0) is 0 Å². The van der Waals surface area contributed by atoms with Gasteiger partial charge in [0.05, 0.1) is 0 Å². The summed E-state index contributed by atoms with van der Waals surface area (Å²) in [6.07, 6.45) is 8.00. The van der Waals surface area contributed by atoms with Crippen LogP contribution in [0.15, 0.2) is 28.7 Å². The lowest BCUT2D eigenvalue weighted by Crippen LogP contribution is -1.61. The van der Waals surface area contributed by atoms with Crippen molar-refractivity contribution < 1.29 is 0 Å². The van der Waals surface area contributed by atoms with Gasteiger partial charge in [0.2, 0.25) is 0 Å². The second-order valence-corrected chi connectivity index (χ2v) is 2.79. The minimum Gasteiger partial charge on any atom is -0.124 e. The second-order valence-electron chi connectivity index (χ2n) is 1.44. The summed E-state index contributed by atoms with van der Waals surface area (Å²) in [5.41, 5.74) is 0. The number of hydrogen-bond donors (Lipinski definition) is 0. The SMILES string of the molecule is C#C.Clc1cccc(Br)c1. The van der Waals surface area contributed by atoms with Crippen molar-refractivity contribution in [2.24, 2.45) is 0 Å². The molecule has 0 aliphatic rings. The molecule has 0 atom stereocenters. The zero-order valence-corrected chi connectivity index (χ0v) is 7.56. The van der Waals surface area contributed by atoms with Crippen LogP contribution in [0.4, 0.5) is 0 Å². The summed E-state index contributed by atoms with van der Waals surface area (Å²) >= 11 is 8.89. The number of terminal acetylenes is 1. The van der Waals surface area contributed by atoms with E-state index in [2.05, 4.69) is 28.8 Å². The summed E-state index contributed by atoms with van der Waals surface area (Å²) in [5, 5.41) is 0.763. The maximum Gasteiger partial charge on any atom is 0.0417 e. The van der Waals surface area contributed by atoms with Gasteiger partial charge in [-0.3, -0.25) is 0 Å². The molecule has 0 radical (unpaired) electrons. The molecule has 2 heteroatoms. The van der Waals surface area contributed by atoms with Crippen molar-refractivity contribution in [1.29, 1.82) is 0 Å². The smallest absolute Gasteiger partial charge is 0.0417 e. The highest BCUT2D eigenvalue weighted by molar-refractivity contribution is 9.10. The summed E-state index contributed by atoms with van der Waals surface area (Å²) in [5.74, 6) is 0. The molecule has 0 aliphatic heterocycles. The van der Waals surface area contributed by atoms with Gasteiger partial charge in [-0.25, -0.2) is 0 Å². The van der Waals surface area contributed by atoms with Gasteiger partial charge in [-0.15, -0.1) is 12.8 Å². The molecule has 1 rings (SSSR count). The Morgan fingerprint density at radius 3 is 2.20 bits per heavy atom. The van der Waals surface area contributed by atoms with E-state index >= 15 is 0 Å². The van der Waals surface area contributed by atoms with Crippen LogP contribution in [0.3, 0.4) is 0 Å². The first-order chi connectivity index (χ1) is 4.79. The molecule has 0 bridgehead atoms. The average Bonchev–Trinajstić information content (AvgIpc) is 1.91. The monoisotopic (exact) mass is 216 g/mol. The van der Waals surface area contributed by atoms with E-state index in [1.165, 1.54) is 0 Å². The lowest BCUT2D eigenvalue weighted by Gasteiger charge is -1.87. The van der Waals surface area contributed by atoms with Crippen LogP contribution in [0.1, 0.15) is 0 Å². The lowest BCUT2D eigenvalue weighted by molar-refractivity contribution is 1.65. The Hall–Kier alpha value is -0.450. The molecule has 0 nitrogen and oxygen atoms in total. The predicted octanol–water partition coefficient (Wildman–Crippen LogP) is 3.35. The van der Waals surface area contributed by atoms with Crippen LogP contribution in [-0.4, -0.2) is 0 Å². The van der Waals surface area contributed by atoms with Gasteiger partial charge in [-0.2, -0.15) is 0 Å². The highest BCUT2D eigenvalue weighted by Gasteiger charge is 1.84. The van der Waals surface area contributed by atoms with E-state index in [9.17, 15) is 0 Å². The minimum absolute atomic E-state index is 0.763. The van der Waals surface area contributed by atoms with Gasteiger partial charge in [0.15, 0.2) is 0 Å². The molecule has 0 aromatic heterocycles. The van der Waals surface area contributed by atoms with Gasteiger partial charge in [-0.1, -0.05) is 33.6 Å². The topological polar surface area (TPSA) is 0 Å².